The molecule has 0 radical (unpaired) electrons. The van der Waals surface area contributed by atoms with Crippen molar-refractivity contribution < 1.29 is 13.2 Å². The summed E-state index contributed by atoms with van der Waals surface area (Å²) in [5.41, 5.74) is 2.08. The summed E-state index contributed by atoms with van der Waals surface area (Å²) in [5, 5.41) is 0.464. The van der Waals surface area contributed by atoms with Gasteiger partial charge in [0, 0.05) is 48.1 Å². The number of amides is 1. The Balaban J connectivity index is 1.38. The third-order valence-corrected chi connectivity index (χ3v) is 6.85. The second-order valence-corrected chi connectivity index (χ2v) is 9.37. The molecule has 1 N–H and O–H groups in total. The molecule has 8 heteroatoms. The van der Waals surface area contributed by atoms with Gasteiger partial charge in [-0.1, -0.05) is 29.8 Å². The predicted molar refractivity (Wildman–Crippen MR) is 123 cm³/mol. The second-order valence-electron chi connectivity index (χ2n) is 7.25. The molecule has 1 saturated heterocycles. The van der Waals surface area contributed by atoms with Gasteiger partial charge in [0.05, 0.1) is 4.90 Å². The van der Waals surface area contributed by atoms with Crippen LogP contribution in [-0.2, 0) is 10.0 Å². The zero-order valence-electron chi connectivity index (χ0n) is 16.7. The first kappa shape index (κ1) is 21.2. The smallest absolute Gasteiger partial charge is 0.261 e. The predicted octanol–water partition coefficient (Wildman–Crippen LogP) is 4.10. The van der Waals surface area contributed by atoms with Crippen LogP contribution in [0.3, 0.4) is 0 Å². The van der Waals surface area contributed by atoms with E-state index in [4.69, 9.17) is 11.6 Å². The van der Waals surface area contributed by atoms with E-state index in [9.17, 15) is 13.2 Å². The van der Waals surface area contributed by atoms with Gasteiger partial charge >= 0.3 is 0 Å². The van der Waals surface area contributed by atoms with E-state index in [-0.39, 0.29) is 10.8 Å². The number of hydrogen-bond acceptors (Lipinski definition) is 4. The Bertz CT molecular complexity index is 1140. The van der Waals surface area contributed by atoms with Gasteiger partial charge in [0.25, 0.3) is 15.9 Å². The highest BCUT2D eigenvalue weighted by Gasteiger charge is 2.22. The summed E-state index contributed by atoms with van der Waals surface area (Å²) in [7, 11) is -3.73. The van der Waals surface area contributed by atoms with Crippen molar-refractivity contribution in [2.75, 3.05) is 35.8 Å². The van der Waals surface area contributed by atoms with Crippen molar-refractivity contribution in [3.63, 3.8) is 0 Å². The fraction of sp³-hybridized carbons (Fsp3) is 0.174. The fourth-order valence-corrected chi connectivity index (χ4v) is 4.68. The van der Waals surface area contributed by atoms with Gasteiger partial charge in [0.2, 0.25) is 0 Å². The van der Waals surface area contributed by atoms with Crippen LogP contribution in [0.15, 0.2) is 83.8 Å². The van der Waals surface area contributed by atoms with E-state index < -0.39 is 10.0 Å². The Hall–Kier alpha value is -3.03. The molecule has 1 heterocycles. The fourth-order valence-electron chi connectivity index (χ4n) is 3.50. The van der Waals surface area contributed by atoms with Crippen LogP contribution in [0.2, 0.25) is 5.02 Å². The highest BCUT2D eigenvalue weighted by molar-refractivity contribution is 7.92. The molecular formula is C23H22ClN3O3S. The van der Waals surface area contributed by atoms with Crippen LogP contribution in [0, 0.1) is 0 Å². The molecule has 0 saturated carbocycles. The molecule has 160 valence electrons. The molecule has 0 atom stereocenters. The molecule has 3 aromatic rings. The number of carbonyl (C=O) groups is 1. The summed E-state index contributed by atoms with van der Waals surface area (Å²) in [6.45, 7) is 2.82. The lowest BCUT2D eigenvalue weighted by Gasteiger charge is -2.36. The first-order chi connectivity index (χ1) is 14.9. The highest BCUT2D eigenvalue weighted by atomic mass is 35.5. The van der Waals surface area contributed by atoms with Crippen LogP contribution in [-0.4, -0.2) is 45.4 Å². The molecule has 0 unspecified atom stereocenters. The number of anilines is 2. The number of carbonyl (C=O) groups excluding carboxylic acids is 1. The third-order valence-electron chi connectivity index (χ3n) is 5.20. The zero-order chi connectivity index (χ0) is 21.8. The van der Waals surface area contributed by atoms with Crippen LogP contribution >= 0.6 is 11.6 Å². The summed E-state index contributed by atoms with van der Waals surface area (Å²) in [4.78, 5) is 17.1. The number of hydrogen-bond donors (Lipinski definition) is 1. The lowest BCUT2D eigenvalue weighted by atomic mass is 10.1. The van der Waals surface area contributed by atoms with Crippen LogP contribution in [0.5, 0.6) is 0 Å². The molecule has 0 spiro atoms. The molecule has 1 amide bonds. The summed E-state index contributed by atoms with van der Waals surface area (Å²) >= 11 is 5.82. The third kappa shape index (κ3) is 5.00. The van der Waals surface area contributed by atoms with Crippen molar-refractivity contribution >= 4 is 38.9 Å². The van der Waals surface area contributed by atoms with Crippen LogP contribution < -0.4 is 9.62 Å². The number of para-hydroxylation sites is 1. The van der Waals surface area contributed by atoms with E-state index in [1.807, 2.05) is 23.1 Å². The van der Waals surface area contributed by atoms with E-state index in [2.05, 4.69) is 21.8 Å². The Morgan fingerprint density at radius 3 is 2.03 bits per heavy atom. The van der Waals surface area contributed by atoms with Gasteiger partial charge in [-0.3, -0.25) is 9.52 Å². The van der Waals surface area contributed by atoms with Gasteiger partial charge < -0.3 is 9.80 Å². The second kappa shape index (κ2) is 8.99. The molecule has 1 aliphatic rings. The average molecular weight is 456 g/mol. The molecule has 6 nitrogen and oxygen atoms in total. The number of nitrogens with zero attached hydrogens (tertiary/aromatic N) is 2. The normalized spacial score (nSPS) is 14.4. The number of sulfonamides is 1. The minimum Gasteiger partial charge on any atom is -0.368 e. The molecule has 0 aliphatic carbocycles. The molecule has 1 aliphatic heterocycles. The van der Waals surface area contributed by atoms with Gasteiger partial charge in [-0.05, 0) is 60.7 Å². The number of piperazine rings is 1. The van der Waals surface area contributed by atoms with Crippen molar-refractivity contribution in [2.24, 2.45) is 0 Å². The largest absolute Gasteiger partial charge is 0.368 e. The van der Waals surface area contributed by atoms with Crippen molar-refractivity contribution in [1.82, 2.24) is 4.90 Å². The number of nitrogens with one attached hydrogen (secondary N) is 1. The average Bonchev–Trinajstić information content (AvgIpc) is 2.80. The zero-order valence-corrected chi connectivity index (χ0v) is 18.3. The van der Waals surface area contributed by atoms with Crippen LogP contribution in [0.1, 0.15) is 10.4 Å². The van der Waals surface area contributed by atoms with Gasteiger partial charge in [-0.25, -0.2) is 8.42 Å². The van der Waals surface area contributed by atoms with E-state index >= 15 is 0 Å². The van der Waals surface area contributed by atoms with Crippen LogP contribution in [0.4, 0.5) is 11.4 Å². The summed E-state index contributed by atoms with van der Waals surface area (Å²) in [6.07, 6.45) is 0. The standard InChI is InChI=1S/C23H22ClN3O3S/c24-19-8-12-22(13-9-19)31(29,30)25-20-10-6-18(7-11-20)23(28)27-16-14-26(15-17-27)21-4-2-1-3-5-21/h1-13,25H,14-17H2. The molecular weight excluding hydrogens is 434 g/mol. The molecule has 0 bridgehead atoms. The summed E-state index contributed by atoms with van der Waals surface area (Å²) in [5.74, 6) is -0.0557. The summed E-state index contributed by atoms with van der Waals surface area (Å²) in [6, 6.07) is 22.6. The van der Waals surface area contributed by atoms with Crippen molar-refractivity contribution in [3.8, 4) is 0 Å². The summed E-state index contributed by atoms with van der Waals surface area (Å²) < 4.78 is 27.5. The first-order valence-corrected chi connectivity index (χ1v) is 11.8. The van der Waals surface area contributed by atoms with Gasteiger partial charge in [-0.2, -0.15) is 0 Å². The molecule has 1 fully saturated rings. The number of halogens is 1. The first-order valence-electron chi connectivity index (χ1n) is 9.90. The lowest BCUT2D eigenvalue weighted by Crippen LogP contribution is -2.48. The maximum Gasteiger partial charge on any atom is 0.261 e. The van der Waals surface area contributed by atoms with E-state index in [0.29, 0.717) is 29.4 Å². The monoisotopic (exact) mass is 455 g/mol. The Morgan fingerprint density at radius 2 is 1.42 bits per heavy atom. The van der Waals surface area contributed by atoms with Crippen molar-refractivity contribution in [2.45, 2.75) is 4.90 Å². The molecule has 0 aromatic heterocycles. The highest BCUT2D eigenvalue weighted by Crippen LogP contribution is 2.20. The van der Waals surface area contributed by atoms with Crippen molar-refractivity contribution in [3.05, 3.63) is 89.4 Å². The Labute approximate surface area is 187 Å². The van der Waals surface area contributed by atoms with E-state index in [1.54, 1.807) is 24.3 Å². The Kier molecular flexibility index (Phi) is 6.15. The van der Waals surface area contributed by atoms with Crippen LogP contribution in [0.25, 0.3) is 0 Å². The van der Waals surface area contributed by atoms with Gasteiger partial charge in [0.15, 0.2) is 0 Å². The van der Waals surface area contributed by atoms with Gasteiger partial charge in [-0.15, -0.1) is 0 Å². The topological polar surface area (TPSA) is 69.7 Å². The van der Waals surface area contributed by atoms with Gasteiger partial charge in [0.1, 0.15) is 0 Å². The minimum atomic E-state index is -3.73. The van der Waals surface area contributed by atoms with Crippen molar-refractivity contribution in [1.29, 1.82) is 0 Å². The molecule has 3 aromatic carbocycles. The maximum absolute atomic E-state index is 12.8. The van der Waals surface area contributed by atoms with E-state index in [0.717, 1.165) is 18.8 Å². The quantitative estimate of drug-likeness (QED) is 0.628. The Morgan fingerprint density at radius 1 is 0.806 bits per heavy atom. The molecule has 4 rings (SSSR count). The lowest BCUT2D eigenvalue weighted by molar-refractivity contribution is 0.0747. The number of benzene rings is 3. The van der Waals surface area contributed by atoms with E-state index in [1.165, 1.54) is 24.3 Å². The minimum absolute atomic E-state index is 0.0557. The molecule has 31 heavy (non-hydrogen) atoms. The maximum atomic E-state index is 12.8. The SMILES string of the molecule is O=C(c1ccc(NS(=O)(=O)c2ccc(Cl)cc2)cc1)N1CCN(c2ccccc2)CC1. The number of rotatable bonds is 5.